The van der Waals surface area contributed by atoms with Crippen molar-refractivity contribution in [2.75, 3.05) is 11.9 Å². The fourth-order valence-electron chi connectivity index (χ4n) is 3.28. The van der Waals surface area contributed by atoms with Gasteiger partial charge in [-0.25, -0.2) is 0 Å². The molecule has 0 saturated heterocycles. The van der Waals surface area contributed by atoms with E-state index < -0.39 is 0 Å². The summed E-state index contributed by atoms with van der Waals surface area (Å²) >= 11 is 0. The van der Waals surface area contributed by atoms with Gasteiger partial charge in [-0.15, -0.1) is 0 Å². The minimum Gasteiger partial charge on any atom is -0.329 e. The number of amides is 1. The van der Waals surface area contributed by atoms with Gasteiger partial charge >= 0.3 is 0 Å². The molecule has 0 aromatic heterocycles. The molecule has 102 valence electrons. The lowest BCUT2D eigenvalue weighted by Crippen LogP contribution is -2.47. The minimum absolute atomic E-state index is 0.125. The molecule has 3 rings (SSSR count). The van der Waals surface area contributed by atoms with Crippen molar-refractivity contribution in [1.82, 2.24) is 0 Å². The van der Waals surface area contributed by atoms with Crippen molar-refractivity contribution < 1.29 is 4.79 Å². The van der Waals surface area contributed by atoms with Crippen LogP contribution in [0.15, 0.2) is 18.2 Å². The lowest BCUT2D eigenvalue weighted by atomic mass is 9.68. The standard InChI is InChI=1S/C16H22N2O/c17-11-16(9-4-10-16)15(19)18-14-8-3-6-12-5-1-2-7-13(12)14/h3,6,8H,1-2,4-5,7,9-11,17H2,(H,18,19). The SMILES string of the molecule is NCC1(C(=O)Nc2cccc3c2CCCC3)CCC1. The van der Waals surface area contributed by atoms with Crippen LogP contribution in [0.3, 0.4) is 0 Å². The maximum atomic E-state index is 12.4. The molecule has 0 atom stereocenters. The van der Waals surface area contributed by atoms with E-state index in [0.717, 1.165) is 37.8 Å². The average Bonchev–Trinajstić information content (AvgIpc) is 2.38. The molecule has 0 heterocycles. The summed E-state index contributed by atoms with van der Waals surface area (Å²) in [4.78, 5) is 12.4. The van der Waals surface area contributed by atoms with Gasteiger partial charge in [0.05, 0.1) is 5.41 Å². The van der Waals surface area contributed by atoms with Gasteiger partial charge in [-0.1, -0.05) is 18.6 Å². The van der Waals surface area contributed by atoms with E-state index in [1.807, 2.05) is 6.07 Å². The topological polar surface area (TPSA) is 55.1 Å². The fourth-order valence-corrected chi connectivity index (χ4v) is 3.28. The van der Waals surface area contributed by atoms with E-state index in [0.29, 0.717) is 6.54 Å². The Labute approximate surface area is 114 Å². The second kappa shape index (κ2) is 4.97. The molecular weight excluding hydrogens is 236 g/mol. The van der Waals surface area contributed by atoms with Crippen LogP contribution in [0.2, 0.25) is 0 Å². The van der Waals surface area contributed by atoms with Crippen molar-refractivity contribution in [3.05, 3.63) is 29.3 Å². The molecule has 0 bridgehead atoms. The number of carbonyl (C=O) groups excluding carboxylic acids is 1. The molecule has 19 heavy (non-hydrogen) atoms. The highest BCUT2D eigenvalue weighted by atomic mass is 16.2. The number of carbonyl (C=O) groups is 1. The maximum Gasteiger partial charge on any atom is 0.231 e. The van der Waals surface area contributed by atoms with E-state index in [1.165, 1.54) is 24.0 Å². The Bertz CT molecular complexity index is 486. The van der Waals surface area contributed by atoms with E-state index in [2.05, 4.69) is 17.4 Å². The van der Waals surface area contributed by atoms with Crippen molar-refractivity contribution in [1.29, 1.82) is 0 Å². The zero-order valence-electron chi connectivity index (χ0n) is 11.4. The molecule has 0 spiro atoms. The number of hydrogen-bond donors (Lipinski definition) is 2. The number of anilines is 1. The third-order valence-corrected chi connectivity index (χ3v) is 4.83. The summed E-state index contributed by atoms with van der Waals surface area (Å²) in [7, 11) is 0. The molecule has 3 nitrogen and oxygen atoms in total. The summed E-state index contributed by atoms with van der Waals surface area (Å²) in [5.41, 5.74) is 9.27. The molecule has 3 N–H and O–H groups in total. The highest BCUT2D eigenvalue weighted by Crippen LogP contribution is 2.41. The Morgan fingerprint density at radius 3 is 2.68 bits per heavy atom. The lowest BCUT2D eigenvalue weighted by molar-refractivity contribution is -0.129. The van der Waals surface area contributed by atoms with Crippen LogP contribution in [-0.4, -0.2) is 12.5 Å². The van der Waals surface area contributed by atoms with E-state index in [-0.39, 0.29) is 11.3 Å². The number of hydrogen-bond acceptors (Lipinski definition) is 2. The van der Waals surface area contributed by atoms with Crippen LogP contribution in [0.4, 0.5) is 5.69 Å². The van der Waals surface area contributed by atoms with Crippen LogP contribution >= 0.6 is 0 Å². The van der Waals surface area contributed by atoms with Crippen LogP contribution in [0.25, 0.3) is 0 Å². The number of rotatable bonds is 3. The van der Waals surface area contributed by atoms with E-state index in [4.69, 9.17) is 5.73 Å². The molecular formula is C16H22N2O. The molecule has 2 aliphatic rings. The molecule has 3 heteroatoms. The van der Waals surface area contributed by atoms with Crippen LogP contribution in [0, 0.1) is 5.41 Å². The molecule has 0 unspecified atom stereocenters. The summed E-state index contributed by atoms with van der Waals surface area (Å²) in [6.45, 7) is 0.466. The molecule has 2 aliphatic carbocycles. The molecule has 1 aromatic carbocycles. The zero-order chi connectivity index (χ0) is 13.3. The number of nitrogens with two attached hydrogens (primary N) is 1. The first-order valence-corrected chi connectivity index (χ1v) is 7.37. The first-order valence-electron chi connectivity index (χ1n) is 7.37. The molecule has 1 amide bonds. The monoisotopic (exact) mass is 258 g/mol. The largest absolute Gasteiger partial charge is 0.329 e. The van der Waals surface area contributed by atoms with Gasteiger partial charge in [0.25, 0.3) is 0 Å². The van der Waals surface area contributed by atoms with Gasteiger partial charge in [0, 0.05) is 12.2 Å². The Morgan fingerprint density at radius 1 is 1.21 bits per heavy atom. The van der Waals surface area contributed by atoms with Crippen molar-refractivity contribution in [3.8, 4) is 0 Å². The third-order valence-electron chi connectivity index (χ3n) is 4.83. The molecule has 1 saturated carbocycles. The normalized spacial score (nSPS) is 20.3. The maximum absolute atomic E-state index is 12.4. The van der Waals surface area contributed by atoms with E-state index >= 15 is 0 Å². The summed E-state index contributed by atoms with van der Waals surface area (Å²) in [6, 6.07) is 6.27. The Hall–Kier alpha value is -1.35. The highest BCUT2D eigenvalue weighted by Gasteiger charge is 2.42. The second-order valence-electron chi connectivity index (χ2n) is 5.94. The number of nitrogens with one attached hydrogen (secondary N) is 1. The minimum atomic E-state index is -0.294. The van der Waals surface area contributed by atoms with E-state index in [9.17, 15) is 4.79 Å². The summed E-state index contributed by atoms with van der Waals surface area (Å²) in [5, 5.41) is 3.14. The molecule has 1 fully saturated rings. The van der Waals surface area contributed by atoms with Crippen LogP contribution < -0.4 is 11.1 Å². The number of benzene rings is 1. The van der Waals surface area contributed by atoms with Gasteiger partial charge in [-0.05, 0) is 55.7 Å². The Balaban J connectivity index is 1.82. The van der Waals surface area contributed by atoms with Crippen molar-refractivity contribution in [2.24, 2.45) is 11.1 Å². The predicted octanol–water partition coefficient (Wildman–Crippen LogP) is 2.63. The fraction of sp³-hybridized carbons (Fsp3) is 0.562. The summed E-state index contributed by atoms with van der Waals surface area (Å²) in [6.07, 6.45) is 7.70. The zero-order valence-corrected chi connectivity index (χ0v) is 11.4. The lowest BCUT2D eigenvalue weighted by Gasteiger charge is -2.39. The van der Waals surface area contributed by atoms with Crippen molar-refractivity contribution in [3.63, 3.8) is 0 Å². The molecule has 0 radical (unpaired) electrons. The molecule has 1 aromatic rings. The van der Waals surface area contributed by atoms with Gasteiger partial charge in [0.2, 0.25) is 5.91 Å². The highest BCUT2D eigenvalue weighted by molar-refractivity contribution is 5.96. The van der Waals surface area contributed by atoms with Gasteiger partial charge in [-0.3, -0.25) is 4.79 Å². The third kappa shape index (κ3) is 2.16. The van der Waals surface area contributed by atoms with Crippen LogP contribution in [-0.2, 0) is 17.6 Å². The Morgan fingerprint density at radius 2 is 2.00 bits per heavy atom. The summed E-state index contributed by atoms with van der Waals surface area (Å²) in [5.74, 6) is 0.125. The van der Waals surface area contributed by atoms with Crippen LogP contribution in [0.5, 0.6) is 0 Å². The van der Waals surface area contributed by atoms with E-state index in [1.54, 1.807) is 0 Å². The first-order chi connectivity index (χ1) is 9.25. The first kappa shape index (κ1) is 12.7. The molecule has 0 aliphatic heterocycles. The number of fused-ring (bicyclic) bond motifs is 1. The quantitative estimate of drug-likeness (QED) is 0.875. The van der Waals surface area contributed by atoms with Crippen LogP contribution in [0.1, 0.15) is 43.2 Å². The summed E-state index contributed by atoms with van der Waals surface area (Å²) < 4.78 is 0. The number of aryl methyl sites for hydroxylation is 1. The Kier molecular flexibility index (Phi) is 3.31. The van der Waals surface area contributed by atoms with Crippen molar-refractivity contribution >= 4 is 11.6 Å². The average molecular weight is 258 g/mol. The second-order valence-corrected chi connectivity index (χ2v) is 5.94. The predicted molar refractivity (Wildman–Crippen MR) is 77.1 cm³/mol. The van der Waals surface area contributed by atoms with Gasteiger partial charge in [0.15, 0.2) is 0 Å². The smallest absolute Gasteiger partial charge is 0.231 e. The van der Waals surface area contributed by atoms with Gasteiger partial charge in [0.1, 0.15) is 0 Å². The van der Waals surface area contributed by atoms with Crippen molar-refractivity contribution in [2.45, 2.75) is 44.9 Å². The van der Waals surface area contributed by atoms with Gasteiger partial charge < -0.3 is 11.1 Å². The van der Waals surface area contributed by atoms with Gasteiger partial charge in [-0.2, -0.15) is 0 Å².